The predicted molar refractivity (Wildman–Crippen MR) is 84.5 cm³/mol. The van der Waals surface area contributed by atoms with Crippen LogP contribution in [0.5, 0.6) is 0 Å². The average Bonchev–Trinajstić information content (AvgIpc) is 2.54. The molecule has 6 nitrogen and oxygen atoms in total. The van der Waals surface area contributed by atoms with Crippen LogP contribution in [0.15, 0.2) is 54.6 Å². The van der Waals surface area contributed by atoms with E-state index >= 15 is 0 Å². The number of nitro groups is 1. The molecule has 0 aliphatic heterocycles. The molecule has 0 bridgehead atoms. The molecule has 0 spiro atoms. The zero-order valence-electron chi connectivity index (χ0n) is 12.0. The summed E-state index contributed by atoms with van der Waals surface area (Å²) >= 11 is 0. The summed E-state index contributed by atoms with van der Waals surface area (Å²) in [7, 11) is 0. The Morgan fingerprint density at radius 1 is 1.05 bits per heavy atom. The highest BCUT2D eigenvalue weighted by Crippen LogP contribution is 2.15. The van der Waals surface area contributed by atoms with E-state index in [1.165, 1.54) is 12.1 Å². The van der Waals surface area contributed by atoms with Gasteiger partial charge in [-0.1, -0.05) is 30.3 Å². The van der Waals surface area contributed by atoms with Crippen molar-refractivity contribution in [1.82, 2.24) is 5.32 Å². The molecule has 0 aromatic heterocycles. The summed E-state index contributed by atoms with van der Waals surface area (Å²) in [5, 5.41) is 16.4. The number of anilines is 1. The molecule has 22 heavy (non-hydrogen) atoms. The maximum atomic E-state index is 11.7. The van der Waals surface area contributed by atoms with Crippen LogP contribution in [0.2, 0.25) is 0 Å². The number of carbonyl (C=O) groups is 1. The molecule has 0 aliphatic carbocycles. The molecule has 0 radical (unpaired) electrons. The Morgan fingerprint density at radius 3 is 2.36 bits per heavy atom. The van der Waals surface area contributed by atoms with Crippen LogP contribution in [-0.4, -0.2) is 17.4 Å². The third kappa shape index (κ3) is 4.90. The fraction of sp³-hybridized carbons (Fsp3) is 0.188. The van der Waals surface area contributed by atoms with Gasteiger partial charge >= 0.3 is 0 Å². The van der Waals surface area contributed by atoms with Crippen molar-refractivity contribution in [3.63, 3.8) is 0 Å². The van der Waals surface area contributed by atoms with Gasteiger partial charge in [-0.3, -0.25) is 14.9 Å². The predicted octanol–water partition coefficient (Wildman–Crippen LogP) is 2.71. The molecule has 114 valence electrons. The molecule has 0 fully saturated rings. The minimum atomic E-state index is -0.444. The minimum Gasteiger partial charge on any atom is -0.385 e. The lowest BCUT2D eigenvalue weighted by Gasteiger charge is -2.07. The van der Waals surface area contributed by atoms with Crippen LogP contribution in [0.3, 0.4) is 0 Å². The number of amides is 1. The molecular formula is C16H17N3O3. The van der Waals surface area contributed by atoms with Crippen LogP contribution in [0.4, 0.5) is 11.4 Å². The third-order valence-electron chi connectivity index (χ3n) is 3.09. The third-order valence-corrected chi connectivity index (χ3v) is 3.09. The van der Waals surface area contributed by atoms with Gasteiger partial charge in [0.15, 0.2) is 0 Å². The lowest BCUT2D eigenvalue weighted by atomic mass is 10.2. The number of hydrogen-bond acceptors (Lipinski definition) is 4. The van der Waals surface area contributed by atoms with Crippen LogP contribution in [0, 0.1) is 10.1 Å². The molecule has 0 saturated carbocycles. The minimum absolute atomic E-state index is 0.0433. The average molecular weight is 299 g/mol. The van der Waals surface area contributed by atoms with Crippen molar-refractivity contribution >= 4 is 17.3 Å². The first-order valence-electron chi connectivity index (χ1n) is 6.94. The van der Waals surface area contributed by atoms with Crippen LogP contribution in [-0.2, 0) is 11.3 Å². The van der Waals surface area contributed by atoms with Gasteiger partial charge in [-0.2, -0.15) is 0 Å². The summed E-state index contributed by atoms with van der Waals surface area (Å²) in [6.45, 7) is 0.982. The van der Waals surface area contributed by atoms with Crippen LogP contribution in [0.25, 0.3) is 0 Å². The summed E-state index contributed by atoms with van der Waals surface area (Å²) in [4.78, 5) is 21.8. The van der Waals surface area contributed by atoms with Crippen molar-refractivity contribution in [3.05, 3.63) is 70.3 Å². The van der Waals surface area contributed by atoms with Gasteiger partial charge in [-0.15, -0.1) is 0 Å². The highest BCUT2D eigenvalue weighted by molar-refractivity contribution is 5.76. The fourth-order valence-electron chi connectivity index (χ4n) is 1.91. The van der Waals surface area contributed by atoms with Gasteiger partial charge in [0.05, 0.1) is 4.92 Å². The smallest absolute Gasteiger partial charge is 0.269 e. The van der Waals surface area contributed by atoms with Gasteiger partial charge < -0.3 is 10.6 Å². The SMILES string of the molecule is O=C(CCNc1ccc([N+](=O)[O-])cc1)NCc1ccccc1. The van der Waals surface area contributed by atoms with Crippen molar-refractivity contribution in [2.24, 2.45) is 0 Å². The van der Waals surface area contributed by atoms with Gasteiger partial charge in [-0.25, -0.2) is 0 Å². The molecule has 2 rings (SSSR count). The zero-order chi connectivity index (χ0) is 15.8. The van der Waals surface area contributed by atoms with E-state index in [-0.39, 0.29) is 11.6 Å². The Morgan fingerprint density at radius 2 is 1.73 bits per heavy atom. The summed E-state index contributed by atoms with van der Waals surface area (Å²) in [5.74, 6) is -0.0433. The molecule has 6 heteroatoms. The zero-order valence-corrected chi connectivity index (χ0v) is 12.0. The van der Waals surface area contributed by atoms with E-state index in [9.17, 15) is 14.9 Å². The highest BCUT2D eigenvalue weighted by Gasteiger charge is 2.04. The molecule has 1 amide bonds. The van der Waals surface area contributed by atoms with Gasteiger partial charge in [0.25, 0.3) is 5.69 Å². The van der Waals surface area contributed by atoms with E-state index in [4.69, 9.17) is 0 Å². The topological polar surface area (TPSA) is 84.3 Å². The Kier molecular flexibility index (Phi) is 5.48. The molecule has 2 N–H and O–H groups in total. The van der Waals surface area contributed by atoms with Crippen molar-refractivity contribution in [3.8, 4) is 0 Å². The van der Waals surface area contributed by atoms with E-state index in [2.05, 4.69) is 10.6 Å². The summed E-state index contributed by atoms with van der Waals surface area (Å²) in [6, 6.07) is 15.8. The maximum Gasteiger partial charge on any atom is 0.269 e. The molecule has 0 heterocycles. The van der Waals surface area contributed by atoms with E-state index < -0.39 is 4.92 Å². The van der Waals surface area contributed by atoms with E-state index in [0.29, 0.717) is 19.5 Å². The van der Waals surface area contributed by atoms with Gasteiger partial charge in [0.2, 0.25) is 5.91 Å². The van der Waals surface area contributed by atoms with Crippen LogP contribution < -0.4 is 10.6 Å². The first-order valence-corrected chi connectivity index (χ1v) is 6.94. The first kappa shape index (κ1) is 15.5. The summed E-state index contributed by atoms with van der Waals surface area (Å²) in [5.41, 5.74) is 1.85. The van der Waals surface area contributed by atoms with Crippen LogP contribution in [0.1, 0.15) is 12.0 Å². The maximum absolute atomic E-state index is 11.7. The number of nitrogens with one attached hydrogen (secondary N) is 2. The quantitative estimate of drug-likeness (QED) is 0.608. The molecule has 0 unspecified atom stereocenters. The second-order valence-corrected chi connectivity index (χ2v) is 4.74. The Labute approximate surface area is 128 Å². The lowest BCUT2D eigenvalue weighted by molar-refractivity contribution is -0.384. The van der Waals surface area contributed by atoms with Gasteiger partial charge in [0.1, 0.15) is 0 Å². The van der Waals surface area contributed by atoms with Gasteiger partial charge in [0, 0.05) is 37.3 Å². The number of nitrogens with zero attached hydrogens (tertiary/aromatic N) is 1. The van der Waals surface area contributed by atoms with Crippen molar-refractivity contribution in [2.75, 3.05) is 11.9 Å². The number of nitro benzene ring substituents is 1. The normalized spacial score (nSPS) is 10.0. The fourth-order valence-corrected chi connectivity index (χ4v) is 1.91. The Bertz CT molecular complexity index is 627. The standard InChI is InChI=1S/C16H17N3O3/c20-16(18-12-13-4-2-1-3-5-13)10-11-17-14-6-8-15(9-7-14)19(21)22/h1-9,17H,10-12H2,(H,18,20). The lowest BCUT2D eigenvalue weighted by Crippen LogP contribution is -2.24. The Hall–Kier alpha value is -2.89. The summed E-state index contributed by atoms with van der Waals surface area (Å²) < 4.78 is 0. The molecular weight excluding hydrogens is 282 g/mol. The van der Waals surface area contributed by atoms with Crippen molar-refractivity contribution in [2.45, 2.75) is 13.0 Å². The molecule has 2 aromatic rings. The van der Waals surface area contributed by atoms with E-state index in [0.717, 1.165) is 11.3 Å². The molecule has 0 aliphatic rings. The van der Waals surface area contributed by atoms with E-state index in [1.807, 2.05) is 30.3 Å². The number of non-ortho nitro benzene ring substituents is 1. The largest absolute Gasteiger partial charge is 0.385 e. The van der Waals surface area contributed by atoms with Gasteiger partial charge in [-0.05, 0) is 17.7 Å². The van der Waals surface area contributed by atoms with Crippen molar-refractivity contribution < 1.29 is 9.72 Å². The number of rotatable bonds is 7. The number of benzene rings is 2. The summed E-state index contributed by atoms with van der Waals surface area (Å²) in [6.07, 6.45) is 0.337. The number of carbonyl (C=O) groups excluding carboxylic acids is 1. The van der Waals surface area contributed by atoms with E-state index in [1.54, 1.807) is 12.1 Å². The molecule has 0 atom stereocenters. The second kappa shape index (κ2) is 7.78. The first-order chi connectivity index (χ1) is 10.6. The van der Waals surface area contributed by atoms with Crippen LogP contribution >= 0.6 is 0 Å². The van der Waals surface area contributed by atoms with Crippen molar-refractivity contribution in [1.29, 1.82) is 0 Å². The highest BCUT2D eigenvalue weighted by atomic mass is 16.6. The molecule has 0 saturated heterocycles. The number of hydrogen-bond donors (Lipinski definition) is 2. The second-order valence-electron chi connectivity index (χ2n) is 4.74. The Balaban J connectivity index is 1.69. The molecule has 2 aromatic carbocycles. The monoisotopic (exact) mass is 299 g/mol.